The second-order valence-corrected chi connectivity index (χ2v) is 6.84. The van der Waals surface area contributed by atoms with Gasteiger partial charge in [0.25, 0.3) is 0 Å². The Balaban J connectivity index is 1.52. The third-order valence-corrected chi connectivity index (χ3v) is 5.13. The highest BCUT2D eigenvalue weighted by Gasteiger charge is 2.15. The lowest BCUT2D eigenvalue weighted by Gasteiger charge is -2.17. The van der Waals surface area contributed by atoms with E-state index in [1.807, 2.05) is 18.3 Å². The van der Waals surface area contributed by atoms with Crippen LogP contribution in [0.3, 0.4) is 0 Å². The molecule has 1 N–H and O–H groups in total. The van der Waals surface area contributed by atoms with E-state index in [2.05, 4.69) is 36.8 Å². The van der Waals surface area contributed by atoms with E-state index in [1.165, 1.54) is 17.5 Å². The molecule has 0 bridgehead atoms. The Kier molecular flexibility index (Phi) is 4.90. The summed E-state index contributed by atoms with van der Waals surface area (Å²) >= 11 is 12.4. The summed E-state index contributed by atoms with van der Waals surface area (Å²) in [6.45, 7) is 2.70. The molecule has 134 valence electrons. The van der Waals surface area contributed by atoms with E-state index >= 15 is 0 Å². The maximum absolute atomic E-state index is 6.28. The lowest BCUT2D eigenvalue weighted by molar-refractivity contribution is 0.789. The minimum absolute atomic E-state index is 0.407. The van der Waals surface area contributed by atoms with Crippen LogP contribution in [-0.2, 0) is 6.54 Å². The maximum Gasteiger partial charge on any atom is 0.248 e. The molecule has 2 aromatic heterocycles. The molecule has 1 fully saturated rings. The van der Waals surface area contributed by atoms with Crippen LogP contribution in [0.15, 0.2) is 36.5 Å². The largest absolute Gasteiger partial charge is 0.357 e. The summed E-state index contributed by atoms with van der Waals surface area (Å²) in [5, 5.41) is 15.9. The van der Waals surface area contributed by atoms with Gasteiger partial charge in [-0.05, 0) is 53.1 Å². The molecule has 0 saturated carbocycles. The molecule has 1 aliphatic heterocycles. The zero-order valence-electron chi connectivity index (χ0n) is 13.9. The summed E-state index contributed by atoms with van der Waals surface area (Å²) < 4.78 is 1.54. The van der Waals surface area contributed by atoms with E-state index < -0.39 is 0 Å². The van der Waals surface area contributed by atoms with E-state index in [-0.39, 0.29) is 0 Å². The van der Waals surface area contributed by atoms with Crippen LogP contribution in [0.2, 0.25) is 10.0 Å². The van der Waals surface area contributed by atoms with Crippen LogP contribution in [0.25, 0.3) is 5.69 Å². The molecule has 0 atom stereocenters. The number of tetrazole rings is 1. The average molecular weight is 390 g/mol. The van der Waals surface area contributed by atoms with Crippen molar-refractivity contribution >= 4 is 35.0 Å². The van der Waals surface area contributed by atoms with Crippen molar-refractivity contribution in [2.75, 3.05) is 23.3 Å². The van der Waals surface area contributed by atoms with Crippen LogP contribution in [0.1, 0.15) is 18.4 Å². The second-order valence-electron chi connectivity index (χ2n) is 6.06. The van der Waals surface area contributed by atoms with Crippen LogP contribution in [0.5, 0.6) is 0 Å². The van der Waals surface area contributed by atoms with Gasteiger partial charge in [0.15, 0.2) is 0 Å². The molecule has 0 unspecified atom stereocenters. The number of aromatic nitrogens is 5. The van der Waals surface area contributed by atoms with Gasteiger partial charge in [0.2, 0.25) is 5.95 Å². The van der Waals surface area contributed by atoms with E-state index in [4.69, 9.17) is 23.2 Å². The Morgan fingerprint density at radius 3 is 2.81 bits per heavy atom. The average Bonchev–Trinajstić information content (AvgIpc) is 3.34. The van der Waals surface area contributed by atoms with Gasteiger partial charge in [-0.2, -0.15) is 4.68 Å². The molecule has 3 aromatic rings. The maximum atomic E-state index is 6.28. The van der Waals surface area contributed by atoms with Gasteiger partial charge >= 0.3 is 0 Å². The van der Waals surface area contributed by atoms with Crippen LogP contribution < -0.4 is 10.2 Å². The quantitative estimate of drug-likeness (QED) is 0.718. The van der Waals surface area contributed by atoms with Crippen molar-refractivity contribution in [1.82, 2.24) is 25.2 Å². The lowest BCUT2D eigenvalue weighted by Crippen LogP contribution is -2.19. The Morgan fingerprint density at radius 2 is 1.96 bits per heavy atom. The van der Waals surface area contributed by atoms with Crippen LogP contribution in [0, 0.1) is 0 Å². The molecule has 1 aromatic carbocycles. The van der Waals surface area contributed by atoms with Crippen molar-refractivity contribution in [3.8, 4) is 5.69 Å². The molecule has 1 saturated heterocycles. The molecule has 1 aliphatic rings. The summed E-state index contributed by atoms with van der Waals surface area (Å²) in [7, 11) is 0. The first kappa shape index (κ1) is 17.1. The highest BCUT2D eigenvalue weighted by Crippen LogP contribution is 2.29. The number of anilines is 2. The van der Waals surface area contributed by atoms with Crippen molar-refractivity contribution in [3.05, 3.63) is 52.1 Å². The Morgan fingerprint density at radius 1 is 1.12 bits per heavy atom. The van der Waals surface area contributed by atoms with E-state index in [0.717, 1.165) is 24.5 Å². The topological polar surface area (TPSA) is 71.8 Å². The Labute approximate surface area is 160 Å². The number of hydrogen-bond acceptors (Lipinski definition) is 6. The predicted molar refractivity (Wildman–Crippen MR) is 102 cm³/mol. The van der Waals surface area contributed by atoms with E-state index in [0.29, 0.717) is 28.2 Å². The fourth-order valence-electron chi connectivity index (χ4n) is 2.99. The molecule has 0 radical (unpaired) electrons. The summed E-state index contributed by atoms with van der Waals surface area (Å²) in [5.74, 6) is 1.51. The lowest BCUT2D eigenvalue weighted by atomic mass is 10.2. The molecule has 4 rings (SSSR count). The van der Waals surface area contributed by atoms with Crippen molar-refractivity contribution in [1.29, 1.82) is 0 Å². The van der Waals surface area contributed by atoms with E-state index in [1.54, 1.807) is 12.1 Å². The van der Waals surface area contributed by atoms with Gasteiger partial charge in [-0.3, -0.25) is 0 Å². The predicted octanol–water partition coefficient (Wildman–Crippen LogP) is 3.58. The molecular weight excluding hydrogens is 373 g/mol. The molecule has 26 heavy (non-hydrogen) atoms. The van der Waals surface area contributed by atoms with Crippen LogP contribution in [0.4, 0.5) is 11.8 Å². The zero-order chi connectivity index (χ0) is 17.9. The van der Waals surface area contributed by atoms with Crippen LogP contribution >= 0.6 is 23.2 Å². The summed E-state index contributed by atoms with van der Waals surface area (Å²) in [5.41, 5.74) is 1.73. The Bertz CT molecular complexity index is 906. The number of halogens is 2. The Hall–Kier alpha value is -2.38. The molecule has 7 nitrogen and oxygen atoms in total. The normalized spacial score (nSPS) is 14.0. The fraction of sp³-hybridized carbons (Fsp3) is 0.294. The number of rotatable bonds is 5. The standard InChI is InChI=1S/C17H17Cl2N7/c18-13-4-3-5-14(16(13)19)26-17(22-23-24-26)21-11-12-6-7-20-15(10-12)25-8-1-2-9-25/h3-7,10H,1-2,8-9,11H2,(H,21,22,24). The molecule has 3 heterocycles. The number of nitrogens with zero attached hydrogens (tertiary/aromatic N) is 6. The fourth-order valence-corrected chi connectivity index (χ4v) is 3.36. The van der Waals surface area contributed by atoms with Crippen molar-refractivity contribution in [3.63, 3.8) is 0 Å². The molecule has 9 heteroatoms. The van der Waals surface area contributed by atoms with Gasteiger partial charge in [0.05, 0.1) is 15.7 Å². The van der Waals surface area contributed by atoms with Gasteiger partial charge in [-0.1, -0.05) is 34.4 Å². The van der Waals surface area contributed by atoms with Gasteiger partial charge in [0, 0.05) is 25.8 Å². The summed E-state index contributed by atoms with van der Waals surface area (Å²) in [4.78, 5) is 6.78. The summed E-state index contributed by atoms with van der Waals surface area (Å²) in [6.07, 6.45) is 4.28. The number of nitrogens with one attached hydrogen (secondary N) is 1. The third-order valence-electron chi connectivity index (χ3n) is 4.32. The number of benzene rings is 1. The number of hydrogen-bond donors (Lipinski definition) is 1. The molecule has 0 aliphatic carbocycles. The molecular formula is C17H17Cl2N7. The SMILES string of the molecule is Clc1cccc(-n2nnnc2NCc2ccnc(N3CCCC3)c2)c1Cl. The van der Waals surface area contributed by atoms with Crippen LogP contribution in [-0.4, -0.2) is 38.3 Å². The summed E-state index contributed by atoms with van der Waals surface area (Å²) in [6, 6.07) is 9.42. The molecule has 0 spiro atoms. The first-order valence-corrected chi connectivity index (χ1v) is 9.14. The monoisotopic (exact) mass is 389 g/mol. The minimum atomic E-state index is 0.407. The first-order valence-electron chi connectivity index (χ1n) is 8.39. The highest BCUT2D eigenvalue weighted by atomic mass is 35.5. The third kappa shape index (κ3) is 3.45. The van der Waals surface area contributed by atoms with Crippen molar-refractivity contribution in [2.45, 2.75) is 19.4 Å². The van der Waals surface area contributed by atoms with Gasteiger partial charge in [-0.15, -0.1) is 0 Å². The van der Waals surface area contributed by atoms with Crippen molar-refractivity contribution in [2.24, 2.45) is 0 Å². The second kappa shape index (κ2) is 7.47. The van der Waals surface area contributed by atoms with Gasteiger partial charge in [0.1, 0.15) is 5.82 Å². The smallest absolute Gasteiger partial charge is 0.248 e. The molecule has 0 amide bonds. The first-order chi connectivity index (χ1) is 12.7. The highest BCUT2D eigenvalue weighted by molar-refractivity contribution is 6.43. The van der Waals surface area contributed by atoms with Gasteiger partial charge < -0.3 is 10.2 Å². The zero-order valence-corrected chi connectivity index (χ0v) is 15.5. The number of pyridine rings is 1. The van der Waals surface area contributed by atoms with E-state index in [9.17, 15) is 0 Å². The van der Waals surface area contributed by atoms with Crippen molar-refractivity contribution < 1.29 is 0 Å². The van der Waals surface area contributed by atoms with Gasteiger partial charge in [-0.25, -0.2) is 4.98 Å². The minimum Gasteiger partial charge on any atom is -0.357 e.